The third kappa shape index (κ3) is 4.55. The zero-order chi connectivity index (χ0) is 28.4. The standard InChI is InChI=1S/C36H30BO3S/c1-35(2,38)36(3,4)40-37-25-10-7-9-24(19-25)26-12-8-14-33-34(26)29-21-23(16-18-32(29)41-33)22-15-17-31-28(20-22)27-11-5-6-13-30(27)39-31/h5-21,38H,1-4H3. The number of rotatable bonds is 6. The molecular weight excluding hydrogens is 523 g/mol. The fraction of sp³-hybridized carbons (Fsp3) is 0.167. The van der Waals surface area contributed by atoms with E-state index < -0.39 is 11.2 Å². The first-order chi connectivity index (χ1) is 19.7. The summed E-state index contributed by atoms with van der Waals surface area (Å²) >= 11 is 1.83. The Kier molecular flexibility index (Phi) is 6.09. The summed E-state index contributed by atoms with van der Waals surface area (Å²) in [6.07, 6.45) is 0. The van der Waals surface area contributed by atoms with Crippen LogP contribution >= 0.6 is 11.3 Å². The first kappa shape index (κ1) is 26.0. The first-order valence-electron chi connectivity index (χ1n) is 13.9. The number of aliphatic hydroxyl groups is 1. The van der Waals surface area contributed by atoms with E-state index in [0.29, 0.717) is 0 Å². The van der Waals surface area contributed by atoms with E-state index in [9.17, 15) is 5.11 Å². The van der Waals surface area contributed by atoms with Crippen LogP contribution in [0.1, 0.15) is 27.7 Å². The molecule has 0 spiro atoms. The first-order valence-corrected chi connectivity index (χ1v) is 14.7. The number of hydrogen-bond donors (Lipinski definition) is 1. The Morgan fingerprint density at radius 2 is 1.39 bits per heavy atom. The second-order valence-electron chi connectivity index (χ2n) is 11.7. The van der Waals surface area contributed by atoms with Gasteiger partial charge in [0.15, 0.2) is 0 Å². The minimum atomic E-state index is -0.977. The summed E-state index contributed by atoms with van der Waals surface area (Å²) in [5.41, 5.74) is 5.75. The topological polar surface area (TPSA) is 42.6 Å². The van der Waals surface area contributed by atoms with Crippen molar-refractivity contribution in [1.82, 2.24) is 0 Å². The van der Waals surface area contributed by atoms with Gasteiger partial charge in [-0.05, 0) is 86.3 Å². The summed E-state index contributed by atoms with van der Waals surface area (Å²) < 4.78 is 14.6. The molecule has 3 nitrogen and oxygen atoms in total. The van der Waals surface area contributed by atoms with Crippen molar-refractivity contribution in [3.05, 3.63) is 103 Å². The Bertz CT molecular complexity index is 2080. The van der Waals surface area contributed by atoms with Gasteiger partial charge in [-0.2, -0.15) is 0 Å². The summed E-state index contributed by atoms with van der Waals surface area (Å²) in [6.45, 7) is 7.33. The van der Waals surface area contributed by atoms with Gasteiger partial charge in [-0.1, -0.05) is 72.2 Å². The number of benzene rings is 5. The maximum Gasteiger partial charge on any atom is 0.330 e. The number of hydrogen-bond acceptors (Lipinski definition) is 4. The highest BCUT2D eigenvalue weighted by Gasteiger charge is 2.35. The molecular formula is C36H30BO3S. The molecule has 2 aromatic heterocycles. The Balaban J connectivity index is 1.31. The van der Waals surface area contributed by atoms with Crippen molar-refractivity contribution < 1.29 is 14.2 Å². The highest BCUT2D eigenvalue weighted by Crippen LogP contribution is 2.42. The molecule has 0 aliphatic heterocycles. The number of para-hydroxylation sites is 1. The van der Waals surface area contributed by atoms with E-state index in [1.807, 2.05) is 43.4 Å². The second kappa shape index (κ2) is 9.59. The van der Waals surface area contributed by atoms with Crippen molar-refractivity contribution >= 4 is 66.4 Å². The molecule has 41 heavy (non-hydrogen) atoms. The monoisotopic (exact) mass is 553 g/mol. The molecule has 1 radical (unpaired) electrons. The highest BCUT2D eigenvalue weighted by molar-refractivity contribution is 7.26. The van der Waals surface area contributed by atoms with Crippen molar-refractivity contribution in [2.75, 3.05) is 0 Å². The molecule has 201 valence electrons. The summed E-state index contributed by atoms with van der Waals surface area (Å²) in [6, 6.07) is 36.4. The molecule has 5 aromatic carbocycles. The minimum Gasteiger partial charge on any atom is -0.456 e. The zero-order valence-corrected chi connectivity index (χ0v) is 24.4. The van der Waals surface area contributed by atoms with Gasteiger partial charge in [-0.15, -0.1) is 11.3 Å². The Morgan fingerprint density at radius 3 is 2.22 bits per heavy atom. The van der Waals surface area contributed by atoms with Crippen molar-refractivity contribution in [3.8, 4) is 22.3 Å². The van der Waals surface area contributed by atoms with Gasteiger partial charge in [-0.3, -0.25) is 0 Å². The molecule has 7 rings (SSSR count). The molecule has 0 atom stereocenters. The van der Waals surface area contributed by atoms with Crippen LogP contribution in [0, 0.1) is 0 Å². The van der Waals surface area contributed by atoms with Crippen LogP contribution in [0.15, 0.2) is 108 Å². The van der Waals surface area contributed by atoms with Gasteiger partial charge in [0.25, 0.3) is 0 Å². The van der Waals surface area contributed by atoms with Crippen molar-refractivity contribution in [2.24, 2.45) is 0 Å². The van der Waals surface area contributed by atoms with Gasteiger partial charge in [0, 0.05) is 30.9 Å². The average Bonchev–Trinajstić information content (AvgIpc) is 3.53. The summed E-state index contributed by atoms with van der Waals surface area (Å²) in [5, 5.41) is 15.3. The lowest BCUT2D eigenvalue weighted by Crippen LogP contribution is -2.49. The van der Waals surface area contributed by atoms with E-state index >= 15 is 0 Å². The molecule has 2 heterocycles. The van der Waals surface area contributed by atoms with Crippen molar-refractivity contribution in [2.45, 2.75) is 38.9 Å². The van der Waals surface area contributed by atoms with E-state index in [-0.39, 0.29) is 0 Å². The van der Waals surface area contributed by atoms with Crippen molar-refractivity contribution in [1.29, 1.82) is 0 Å². The number of fused-ring (bicyclic) bond motifs is 6. The van der Waals surface area contributed by atoms with Gasteiger partial charge >= 0.3 is 7.48 Å². The van der Waals surface area contributed by atoms with Gasteiger partial charge in [0.2, 0.25) is 0 Å². The normalized spacial score (nSPS) is 12.6. The van der Waals surface area contributed by atoms with Crippen LogP contribution in [0.5, 0.6) is 0 Å². The minimum absolute atomic E-state index is 0.727. The Labute approximate surface area is 244 Å². The zero-order valence-electron chi connectivity index (χ0n) is 23.6. The molecule has 0 aliphatic rings. The quantitative estimate of drug-likeness (QED) is 0.209. The Hall–Kier alpha value is -3.90. The summed E-state index contributed by atoms with van der Waals surface area (Å²) in [5.74, 6) is 0. The van der Waals surface area contributed by atoms with E-state index in [0.717, 1.165) is 33.0 Å². The van der Waals surface area contributed by atoms with Gasteiger partial charge in [0.05, 0.1) is 11.2 Å². The van der Waals surface area contributed by atoms with Crippen LogP contribution in [0.25, 0.3) is 64.4 Å². The van der Waals surface area contributed by atoms with E-state index in [4.69, 9.17) is 9.07 Å². The van der Waals surface area contributed by atoms with Crippen molar-refractivity contribution in [3.63, 3.8) is 0 Å². The lowest BCUT2D eigenvalue weighted by molar-refractivity contribution is -0.0893. The number of thiophene rings is 1. The molecule has 0 amide bonds. The maximum absolute atomic E-state index is 10.5. The largest absolute Gasteiger partial charge is 0.456 e. The summed E-state index contributed by atoms with van der Waals surface area (Å²) in [4.78, 5) is 0. The third-order valence-electron chi connectivity index (χ3n) is 8.37. The molecule has 0 fully saturated rings. The predicted molar refractivity (Wildman–Crippen MR) is 174 cm³/mol. The predicted octanol–water partition coefficient (Wildman–Crippen LogP) is 9.10. The smallest absolute Gasteiger partial charge is 0.330 e. The molecule has 0 unspecified atom stereocenters. The second-order valence-corrected chi connectivity index (χ2v) is 12.8. The molecule has 0 saturated carbocycles. The van der Waals surface area contributed by atoms with E-state index in [1.54, 1.807) is 21.3 Å². The molecule has 0 saturated heterocycles. The van der Waals surface area contributed by atoms with E-state index in [1.165, 1.54) is 36.9 Å². The Morgan fingerprint density at radius 1 is 0.659 bits per heavy atom. The fourth-order valence-electron chi connectivity index (χ4n) is 5.29. The fourth-order valence-corrected chi connectivity index (χ4v) is 6.40. The molecule has 1 N–H and O–H groups in total. The van der Waals surface area contributed by atoms with Crippen LogP contribution in [-0.4, -0.2) is 23.8 Å². The third-order valence-corrected chi connectivity index (χ3v) is 9.50. The molecule has 7 aromatic rings. The van der Waals surface area contributed by atoms with Crippen LogP contribution in [-0.2, 0) is 4.65 Å². The van der Waals surface area contributed by atoms with Crippen LogP contribution < -0.4 is 5.46 Å². The average molecular weight is 554 g/mol. The van der Waals surface area contributed by atoms with Gasteiger partial charge < -0.3 is 14.2 Å². The molecule has 5 heteroatoms. The van der Waals surface area contributed by atoms with Gasteiger partial charge in [0.1, 0.15) is 11.2 Å². The van der Waals surface area contributed by atoms with Gasteiger partial charge in [-0.25, -0.2) is 0 Å². The van der Waals surface area contributed by atoms with Crippen LogP contribution in [0.3, 0.4) is 0 Å². The molecule has 0 bridgehead atoms. The summed E-state index contributed by atoms with van der Waals surface area (Å²) in [7, 11) is 1.75. The van der Waals surface area contributed by atoms with Crippen LogP contribution in [0.4, 0.5) is 0 Å². The lowest BCUT2D eigenvalue weighted by Gasteiger charge is -2.37. The van der Waals surface area contributed by atoms with E-state index in [2.05, 4.69) is 84.9 Å². The lowest BCUT2D eigenvalue weighted by atomic mass is 9.81. The molecule has 0 aliphatic carbocycles. The van der Waals surface area contributed by atoms with Crippen LogP contribution in [0.2, 0.25) is 0 Å². The highest BCUT2D eigenvalue weighted by atomic mass is 32.1. The maximum atomic E-state index is 10.5. The SMILES string of the molecule is CC(C)(O)C(C)(C)O[B]c1cccc(-c2cccc3sc4ccc(-c5ccc6oc7ccccc7c6c5)cc4c23)c1. The number of furan rings is 1.